The molecule has 0 aliphatic carbocycles. The molecule has 0 spiro atoms. The Morgan fingerprint density at radius 3 is 2.09 bits per heavy atom. The summed E-state index contributed by atoms with van der Waals surface area (Å²) in [5.74, 6) is -2.45. The summed E-state index contributed by atoms with van der Waals surface area (Å²) >= 11 is 0. The first-order chi connectivity index (χ1) is 10.3. The fourth-order valence-corrected chi connectivity index (χ4v) is 2.11. The summed E-state index contributed by atoms with van der Waals surface area (Å²) in [6.45, 7) is 0. The highest BCUT2D eigenvalue weighted by atomic mass is 16.4. The Bertz CT molecular complexity index is 752. The van der Waals surface area contributed by atoms with Gasteiger partial charge in [-0.1, -0.05) is 12.1 Å². The molecule has 6 nitrogen and oxygen atoms in total. The minimum atomic E-state index is -1.21. The number of phenols is 2. The van der Waals surface area contributed by atoms with Crippen LogP contribution in [0.25, 0.3) is 0 Å². The summed E-state index contributed by atoms with van der Waals surface area (Å²) in [5.41, 5.74) is 0.126. The Kier molecular flexibility index (Phi) is 4.03. The highest BCUT2D eigenvalue weighted by molar-refractivity contribution is 6.13. The van der Waals surface area contributed by atoms with Crippen LogP contribution in [0, 0.1) is 0 Å². The number of aromatic carboxylic acids is 1. The third kappa shape index (κ3) is 2.71. The van der Waals surface area contributed by atoms with Gasteiger partial charge in [-0.3, -0.25) is 4.79 Å². The van der Waals surface area contributed by atoms with Gasteiger partial charge in [0.1, 0.15) is 11.5 Å². The fraction of sp³-hybridized carbons (Fsp3) is 0.125. The second-order valence-electron chi connectivity index (χ2n) is 4.93. The van der Waals surface area contributed by atoms with Gasteiger partial charge in [0.05, 0.1) is 22.4 Å². The maximum absolute atomic E-state index is 12.5. The van der Waals surface area contributed by atoms with Gasteiger partial charge in [0.25, 0.3) is 0 Å². The highest BCUT2D eigenvalue weighted by Crippen LogP contribution is 2.31. The molecule has 0 amide bonds. The Morgan fingerprint density at radius 1 is 0.909 bits per heavy atom. The number of para-hydroxylation sites is 1. The van der Waals surface area contributed by atoms with Crippen molar-refractivity contribution in [3.05, 3.63) is 53.1 Å². The molecule has 3 N–H and O–H groups in total. The largest absolute Gasteiger partial charge is 0.507 e. The third-order valence-corrected chi connectivity index (χ3v) is 3.22. The molecule has 0 aliphatic rings. The predicted molar refractivity (Wildman–Crippen MR) is 80.9 cm³/mol. The Morgan fingerprint density at radius 2 is 1.55 bits per heavy atom. The standard InChI is InChI=1S/C16H15NO5/c1-17(2)12-7-11(14(19)8-10(12)16(21)22)15(20)9-5-3-4-6-13(9)18/h3-8,18-19H,1-2H3,(H,21,22). The smallest absolute Gasteiger partial charge is 0.337 e. The number of aromatic hydroxyl groups is 2. The number of phenolic OH excluding ortho intramolecular Hbond substituents is 2. The van der Waals surface area contributed by atoms with E-state index < -0.39 is 17.5 Å². The van der Waals surface area contributed by atoms with Crippen molar-refractivity contribution in [2.45, 2.75) is 0 Å². The molecule has 22 heavy (non-hydrogen) atoms. The minimum Gasteiger partial charge on any atom is -0.507 e. The van der Waals surface area contributed by atoms with E-state index in [1.165, 1.54) is 23.1 Å². The lowest BCUT2D eigenvalue weighted by Gasteiger charge is -2.17. The fourth-order valence-electron chi connectivity index (χ4n) is 2.11. The molecule has 0 unspecified atom stereocenters. The summed E-state index contributed by atoms with van der Waals surface area (Å²) < 4.78 is 0. The molecule has 0 radical (unpaired) electrons. The van der Waals surface area contributed by atoms with Crippen molar-refractivity contribution in [1.29, 1.82) is 0 Å². The van der Waals surface area contributed by atoms with Crippen LogP contribution in [0.1, 0.15) is 26.3 Å². The molecule has 0 aromatic heterocycles. The van der Waals surface area contributed by atoms with Crippen LogP contribution < -0.4 is 4.90 Å². The van der Waals surface area contributed by atoms with Crippen LogP contribution >= 0.6 is 0 Å². The van der Waals surface area contributed by atoms with E-state index in [4.69, 9.17) is 5.11 Å². The van der Waals surface area contributed by atoms with Crippen molar-refractivity contribution in [2.24, 2.45) is 0 Å². The number of ketones is 1. The van der Waals surface area contributed by atoms with Gasteiger partial charge in [-0.25, -0.2) is 4.79 Å². The number of carboxylic acids is 1. The van der Waals surface area contributed by atoms with Gasteiger partial charge in [0.2, 0.25) is 5.78 Å². The molecular weight excluding hydrogens is 286 g/mol. The SMILES string of the molecule is CN(C)c1cc(C(=O)c2ccccc2O)c(O)cc1C(=O)O. The van der Waals surface area contributed by atoms with E-state index in [1.807, 2.05) is 0 Å². The van der Waals surface area contributed by atoms with Crippen LogP contribution in [0.3, 0.4) is 0 Å². The van der Waals surface area contributed by atoms with Crippen LogP contribution in [-0.4, -0.2) is 41.2 Å². The highest BCUT2D eigenvalue weighted by Gasteiger charge is 2.22. The zero-order chi connectivity index (χ0) is 16.4. The number of carbonyl (C=O) groups excluding carboxylic acids is 1. The van der Waals surface area contributed by atoms with Gasteiger partial charge < -0.3 is 20.2 Å². The molecule has 0 saturated heterocycles. The second-order valence-corrected chi connectivity index (χ2v) is 4.93. The van der Waals surface area contributed by atoms with E-state index >= 15 is 0 Å². The normalized spacial score (nSPS) is 10.3. The van der Waals surface area contributed by atoms with Crippen molar-refractivity contribution in [3.63, 3.8) is 0 Å². The predicted octanol–water partition coefficient (Wildman–Crippen LogP) is 2.09. The van der Waals surface area contributed by atoms with E-state index in [1.54, 1.807) is 26.2 Å². The molecular formula is C16H15NO5. The zero-order valence-corrected chi connectivity index (χ0v) is 12.1. The quantitative estimate of drug-likeness (QED) is 0.748. The number of carbonyl (C=O) groups is 2. The van der Waals surface area contributed by atoms with Crippen LogP contribution in [0.2, 0.25) is 0 Å². The molecule has 2 aromatic carbocycles. The summed E-state index contributed by atoms with van der Waals surface area (Å²) in [5, 5.41) is 28.9. The molecule has 114 valence electrons. The van der Waals surface area contributed by atoms with Crippen LogP contribution in [-0.2, 0) is 0 Å². The maximum atomic E-state index is 12.5. The maximum Gasteiger partial charge on any atom is 0.337 e. The third-order valence-electron chi connectivity index (χ3n) is 3.22. The van der Waals surface area contributed by atoms with Crippen LogP contribution in [0.5, 0.6) is 11.5 Å². The van der Waals surface area contributed by atoms with E-state index in [0.29, 0.717) is 0 Å². The van der Waals surface area contributed by atoms with Gasteiger partial charge in [-0.05, 0) is 24.3 Å². The number of benzene rings is 2. The summed E-state index contributed by atoms with van der Waals surface area (Å²) in [6.07, 6.45) is 0. The second kappa shape index (κ2) is 5.77. The molecule has 2 rings (SSSR count). The first-order valence-electron chi connectivity index (χ1n) is 6.43. The van der Waals surface area contributed by atoms with Crippen molar-refractivity contribution in [2.75, 3.05) is 19.0 Å². The molecule has 2 aromatic rings. The summed E-state index contributed by atoms with van der Waals surface area (Å²) in [7, 11) is 3.26. The minimum absolute atomic E-state index is 0.0329. The van der Waals surface area contributed by atoms with Gasteiger partial charge in [-0.2, -0.15) is 0 Å². The lowest BCUT2D eigenvalue weighted by molar-refractivity contribution is 0.0696. The first kappa shape index (κ1) is 15.4. The van der Waals surface area contributed by atoms with E-state index in [2.05, 4.69) is 0 Å². The van der Waals surface area contributed by atoms with Crippen molar-refractivity contribution in [1.82, 2.24) is 0 Å². The zero-order valence-electron chi connectivity index (χ0n) is 12.1. The van der Waals surface area contributed by atoms with E-state index in [0.717, 1.165) is 6.07 Å². The molecule has 6 heteroatoms. The Labute approximate surface area is 126 Å². The molecule has 0 atom stereocenters. The summed E-state index contributed by atoms with van der Waals surface area (Å²) in [6, 6.07) is 8.28. The Balaban J connectivity index is 2.61. The molecule has 0 saturated carbocycles. The number of nitrogens with zero attached hydrogens (tertiary/aromatic N) is 1. The van der Waals surface area contributed by atoms with Crippen LogP contribution in [0.15, 0.2) is 36.4 Å². The van der Waals surface area contributed by atoms with Crippen LogP contribution in [0.4, 0.5) is 5.69 Å². The molecule has 0 bridgehead atoms. The topological polar surface area (TPSA) is 98.1 Å². The number of carboxylic acid groups (broad SMARTS) is 1. The monoisotopic (exact) mass is 301 g/mol. The number of hydrogen-bond acceptors (Lipinski definition) is 5. The molecule has 0 fully saturated rings. The number of hydrogen-bond donors (Lipinski definition) is 3. The van der Waals surface area contributed by atoms with E-state index in [9.17, 15) is 19.8 Å². The number of anilines is 1. The lowest BCUT2D eigenvalue weighted by Crippen LogP contribution is -2.15. The first-order valence-corrected chi connectivity index (χ1v) is 6.43. The van der Waals surface area contributed by atoms with Crippen molar-refractivity contribution in [3.8, 4) is 11.5 Å². The lowest BCUT2D eigenvalue weighted by atomic mass is 9.98. The van der Waals surface area contributed by atoms with Gasteiger partial charge >= 0.3 is 5.97 Å². The average molecular weight is 301 g/mol. The summed E-state index contributed by atoms with van der Waals surface area (Å²) in [4.78, 5) is 25.2. The van der Waals surface area contributed by atoms with E-state index in [-0.39, 0.29) is 28.1 Å². The van der Waals surface area contributed by atoms with Gasteiger partial charge in [-0.15, -0.1) is 0 Å². The average Bonchev–Trinajstić information content (AvgIpc) is 2.46. The Hall–Kier alpha value is -3.02. The number of rotatable bonds is 4. The van der Waals surface area contributed by atoms with Gasteiger partial charge in [0, 0.05) is 14.1 Å². The molecule has 0 heterocycles. The van der Waals surface area contributed by atoms with Gasteiger partial charge in [0.15, 0.2) is 0 Å². The van der Waals surface area contributed by atoms with Crippen molar-refractivity contribution < 1.29 is 24.9 Å². The van der Waals surface area contributed by atoms with Crippen molar-refractivity contribution >= 4 is 17.4 Å². The molecule has 0 aliphatic heterocycles.